The largest absolute Gasteiger partial charge is 0.365 e. The van der Waals surface area contributed by atoms with Gasteiger partial charge in [-0.05, 0) is 12.5 Å². The van der Waals surface area contributed by atoms with Crippen molar-refractivity contribution in [3.05, 3.63) is 41.3 Å². The number of hydrogen-bond donors (Lipinski definition) is 1. The van der Waals surface area contributed by atoms with Crippen molar-refractivity contribution in [2.24, 2.45) is 5.73 Å². The molecule has 0 radical (unpaired) electrons. The predicted octanol–water partition coefficient (Wildman–Crippen LogP) is 1.57. The minimum atomic E-state index is -0.417. The first kappa shape index (κ1) is 14.0. The van der Waals surface area contributed by atoms with E-state index < -0.39 is 5.91 Å². The molecule has 7 nitrogen and oxygen atoms in total. The summed E-state index contributed by atoms with van der Waals surface area (Å²) in [6.45, 7) is 1.58. The lowest BCUT2D eigenvalue weighted by Crippen LogP contribution is -2.22. The van der Waals surface area contributed by atoms with E-state index in [1.807, 2.05) is 0 Å². The number of aromatic nitrogens is 4. The second-order valence-electron chi connectivity index (χ2n) is 5.40. The van der Waals surface area contributed by atoms with Crippen LogP contribution in [-0.2, 0) is 0 Å². The summed E-state index contributed by atoms with van der Waals surface area (Å²) in [6, 6.07) is 1.80. The monoisotopic (exact) mass is 326 g/mol. The first-order valence-electron chi connectivity index (χ1n) is 7.29. The van der Waals surface area contributed by atoms with Gasteiger partial charge < -0.3 is 10.6 Å². The van der Waals surface area contributed by atoms with Gasteiger partial charge in [0.1, 0.15) is 10.3 Å². The van der Waals surface area contributed by atoms with Gasteiger partial charge in [-0.3, -0.25) is 9.78 Å². The highest BCUT2D eigenvalue weighted by Gasteiger charge is 2.31. The average Bonchev–Trinajstić information content (AvgIpc) is 3.20. The van der Waals surface area contributed by atoms with Crippen LogP contribution < -0.4 is 10.6 Å². The van der Waals surface area contributed by atoms with Crippen molar-refractivity contribution in [3.8, 4) is 0 Å². The van der Waals surface area contributed by atoms with Crippen LogP contribution in [0, 0.1) is 0 Å². The number of nitrogens with zero attached hydrogens (tertiary/aromatic N) is 5. The summed E-state index contributed by atoms with van der Waals surface area (Å²) in [5.74, 6) is 0.465. The van der Waals surface area contributed by atoms with Gasteiger partial charge in [-0.25, -0.2) is 15.0 Å². The fraction of sp³-hybridized carbons (Fsp3) is 0.267. The van der Waals surface area contributed by atoms with E-state index in [4.69, 9.17) is 5.73 Å². The molecule has 23 heavy (non-hydrogen) atoms. The number of nitrogens with two attached hydrogens (primary N) is 1. The van der Waals surface area contributed by atoms with Gasteiger partial charge in [0, 0.05) is 49.4 Å². The predicted molar refractivity (Wildman–Crippen MR) is 87.5 cm³/mol. The molecule has 1 atom stereocenters. The van der Waals surface area contributed by atoms with Gasteiger partial charge in [0.2, 0.25) is 5.95 Å². The van der Waals surface area contributed by atoms with E-state index in [9.17, 15) is 4.79 Å². The molecule has 2 N–H and O–H groups in total. The number of carbonyl (C=O) groups excluding carboxylic acids is 1. The molecule has 4 rings (SSSR count). The standard InChI is InChI=1S/C15H14N6OS/c16-13(22)12-10(11-14(23-12)18-6-5-17-11)9-2-7-21(8-9)15-19-3-1-4-20-15/h1,3-6,9H,2,7-8H2,(H2,16,22). The maximum Gasteiger partial charge on any atom is 0.259 e. The van der Waals surface area contributed by atoms with Crippen LogP contribution in [0.25, 0.3) is 10.3 Å². The van der Waals surface area contributed by atoms with Crippen LogP contribution >= 0.6 is 11.3 Å². The second-order valence-corrected chi connectivity index (χ2v) is 6.40. The minimum absolute atomic E-state index is 0.173. The van der Waals surface area contributed by atoms with Crippen LogP contribution in [0.15, 0.2) is 30.9 Å². The Hall–Kier alpha value is -2.61. The Kier molecular flexibility index (Phi) is 3.38. The van der Waals surface area contributed by atoms with Crippen LogP contribution in [0.3, 0.4) is 0 Å². The molecule has 1 aliphatic rings. The Morgan fingerprint density at radius 1 is 1.17 bits per heavy atom. The molecule has 1 unspecified atom stereocenters. The summed E-state index contributed by atoms with van der Waals surface area (Å²) in [6.07, 6.45) is 7.65. The lowest BCUT2D eigenvalue weighted by Gasteiger charge is -2.16. The maximum absolute atomic E-state index is 11.8. The van der Waals surface area contributed by atoms with Gasteiger partial charge in [0.15, 0.2) is 0 Å². The van der Waals surface area contributed by atoms with Gasteiger partial charge in [-0.2, -0.15) is 0 Å². The zero-order chi connectivity index (χ0) is 15.8. The molecule has 0 aliphatic carbocycles. The molecule has 4 heterocycles. The third-order valence-corrected chi connectivity index (χ3v) is 5.14. The zero-order valence-corrected chi connectivity index (χ0v) is 13.0. The van der Waals surface area contributed by atoms with E-state index in [1.165, 1.54) is 11.3 Å². The Morgan fingerprint density at radius 3 is 2.74 bits per heavy atom. The second kappa shape index (κ2) is 5.54. The quantitative estimate of drug-likeness (QED) is 0.784. The molecule has 3 aromatic rings. The fourth-order valence-electron chi connectivity index (χ4n) is 3.04. The Bertz CT molecular complexity index is 865. The van der Waals surface area contributed by atoms with Gasteiger partial charge in [0.05, 0.1) is 4.88 Å². The lowest BCUT2D eigenvalue weighted by molar-refractivity contribution is 0.100. The van der Waals surface area contributed by atoms with Crippen molar-refractivity contribution in [3.63, 3.8) is 0 Å². The number of fused-ring (bicyclic) bond motifs is 1. The Morgan fingerprint density at radius 2 is 1.96 bits per heavy atom. The van der Waals surface area contributed by atoms with Crippen molar-refractivity contribution < 1.29 is 4.79 Å². The number of hydrogen-bond acceptors (Lipinski definition) is 7. The van der Waals surface area contributed by atoms with Gasteiger partial charge in [-0.15, -0.1) is 11.3 Å². The first-order chi connectivity index (χ1) is 11.2. The SMILES string of the molecule is NC(=O)c1sc2nccnc2c1C1CCN(c2ncccn2)C1. The van der Waals surface area contributed by atoms with Crippen LogP contribution in [0.1, 0.15) is 27.6 Å². The summed E-state index contributed by atoms with van der Waals surface area (Å²) >= 11 is 1.32. The van der Waals surface area contributed by atoms with Crippen molar-refractivity contribution in [1.29, 1.82) is 0 Å². The highest BCUT2D eigenvalue weighted by atomic mass is 32.1. The molecule has 1 aliphatic heterocycles. The van der Waals surface area contributed by atoms with E-state index in [2.05, 4.69) is 24.8 Å². The molecule has 0 aromatic carbocycles. The number of carbonyl (C=O) groups is 1. The maximum atomic E-state index is 11.8. The first-order valence-corrected chi connectivity index (χ1v) is 8.11. The van der Waals surface area contributed by atoms with Crippen LogP contribution in [0.5, 0.6) is 0 Å². The Balaban J connectivity index is 1.73. The minimum Gasteiger partial charge on any atom is -0.365 e. The summed E-state index contributed by atoms with van der Waals surface area (Å²) in [5, 5.41) is 0. The number of rotatable bonds is 3. The fourth-order valence-corrected chi connectivity index (χ4v) is 4.08. The molecule has 1 fully saturated rings. The zero-order valence-electron chi connectivity index (χ0n) is 12.2. The molecule has 0 saturated carbocycles. The van der Waals surface area contributed by atoms with Crippen molar-refractivity contribution >= 4 is 33.5 Å². The molecule has 3 aromatic heterocycles. The van der Waals surface area contributed by atoms with Gasteiger partial charge >= 0.3 is 0 Å². The molecule has 1 saturated heterocycles. The molecule has 1 amide bonds. The van der Waals surface area contributed by atoms with Crippen molar-refractivity contribution in [2.75, 3.05) is 18.0 Å². The number of anilines is 1. The van der Waals surface area contributed by atoms with E-state index in [0.29, 0.717) is 10.8 Å². The van der Waals surface area contributed by atoms with Crippen molar-refractivity contribution in [2.45, 2.75) is 12.3 Å². The van der Waals surface area contributed by atoms with Crippen molar-refractivity contribution in [1.82, 2.24) is 19.9 Å². The number of primary amides is 1. The molecule has 116 valence electrons. The summed E-state index contributed by atoms with van der Waals surface area (Å²) in [5.41, 5.74) is 7.27. The number of thiophene rings is 1. The molecule has 8 heteroatoms. The summed E-state index contributed by atoms with van der Waals surface area (Å²) < 4.78 is 0. The average molecular weight is 326 g/mol. The van der Waals surface area contributed by atoms with Crippen LogP contribution in [0.4, 0.5) is 5.95 Å². The summed E-state index contributed by atoms with van der Waals surface area (Å²) in [7, 11) is 0. The molecule has 0 spiro atoms. The highest BCUT2D eigenvalue weighted by Crippen LogP contribution is 2.38. The van der Waals surface area contributed by atoms with Gasteiger partial charge in [-0.1, -0.05) is 0 Å². The normalized spacial score (nSPS) is 17.7. The van der Waals surface area contributed by atoms with E-state index in [0.717, 1.165) is 35.4 Å². The topological polar surface area (TPSA) is 97.9 Å². The van der Waals surface area contributed by atoms with Crippen LogP contribution in [0.2, 0.25) is 0 Å². The smallest absolute Gasteiger partial charge is 0.259 e. The third kappa shape index (κ3) is 2.40. The summed E-state index contributed by atoms with van der Waals surface area (Å²) in [4.78, 5) is 32.6. The number of amides is 1. The van der Waals surface area contributed by atoms with Crippen LogP contribution in [-0.4, -0.2) is 38.9 Å². The molecular weight excluding hydrogens is 312 g/mol. The van der Waals surface area contributed by atoms with E-state index >= 15 is 0 Å². The molecular formula is C15H14N6OS. The lowest BCUT2D eigenvalue weighted by atomic mass is 9.97. The highest BCUT2D eigenvalue weighted by molar-refractivity contribution is 7.20. The van der Waals surface area contributed by atoms with E-state index in [1.54, 1.807) is 30.9 Å². The Labute approximate surface area is 136 Å². The van der Waals surface area contributed by atoms with E-state index in [-0.39, 0.29) is 5.92 Å². The third-order valence-electron chi connectivity index (χ3n) is 4.02. The van der Waals surface area contributed by atoms with Gasteiger partial charge in [0.25, 0.3) is 5.91 Å². The molecule has 0 bridgehead atoms.